The number of aliphatic hydroxyl groups is 1. The molecule has 21 heavy (non-hydrogen) atoms. The van der Waals surface area contributed by atoms with Crippen LogP contribution in [0.2, 0.25) is 0 Å². The van der Waals surface area contributed by atoms with E-state index in [4.69, 9.17) is 4.74 Å². The minimum absolute atomic E-state index is 0.00866. The Kier molecular flexibility index (Phi) is 5.20. The maximum Gasteiger partial charge on any atom is 0.124 e. The average Bonchev–Trinajstić information content (AvgIpc) is 2.53. The molecule has 2 atom stereocenters. The summed E-state index contributed by atoms with van der Waals surface area (Å²) in [5.74, 6) is 0.796. The molecule has 2 unspecified atom stereocenters. The second-order valence-electron chi connectivity index (χ2n) is 4.96. The molecule has 0 aliphatic rings. The first-order valence-corrected chi connectivity index (χ1v) is 6.94. The number of nitrogens with one attached hydrogen (secondary N) is 1. The van der Waals surface area contributed by atoms with E-state index in [2.05, 4.69) is 5.32 Å². The Bertz CT molecular complexity index is 572. The summed E-state index contributed by atoms with van der Waals surface area (Å²) in [7, 11) is 1.56. The fraction of sp³-hybridized carbons (Fsp3) is 0.294. The molecule has 0 amide bonds. The lowest BCUT2D eigenvalue weighted by molar-refractivity contribution is 0.234. The Morgan fingerprint density at radius 2 is 1.86 bits per heavy atom. The number of phenolic OH excluding ortho intramolecular Hbond substituents is 1. The topological polar surface area (TPSA) is 61.7 Å². The van der Waals surface area contributed by atoms with Gasteiger partial charge in [0.15, 0.2) is 0 Å². The van der Waals surface area contributed by atoms with Crippen molar-refractivity contribution in [2.24, 2.45) is 0 Å². The van der Waals surface area contributed by atoms with Gasteiger partial charge >= 0.3 is 0 Å². The molecule has 4 nitrogen and oxygen atoms in total. The minimum atomic E-state index is -0.178. The first-order chi connectivity index (χ1) is 10.2. The van der Waals surface area contributed by atoms with Gasteiger partial charge in [0.2, 0.25) is 0 Å². The zero-order chi connectivity index (χ0) is 15.2. The molecule has 2 aromatic carbocycles. The molecule has 0 saturated carbocycles. The molecule has 0 aliphatic carbocycles. The van der Waals surface area contributed by atoms with Gasteiger partial charge in [0.1, 0.15) is 11.5 Å². The number of hydrogen-bond acceptors (Lipinski definition) is 4. The molecule has 0 saturated heterocycles. The third-order valence-corrected chi connectivity index (χ3v) is 3.54. The molecule has 0 aromatic heterocycles. The number of ether oxygens (including phenoxy) is 1. The second-order valence-corrected chi connectivity index (χ2v) is 4.96. The summed E-state index contributed by atoms with van der Waals surface area (Å²) in [6.07, 6.45) is 0. The predicted molar refractivity (Wildman–Crippen MR) is 82.5 cm³/mol. The normalized spacial score (nSPS) is 13.7. The maximum atomic E-state index is 10.1. The van der Waals surface area contributed by atoms with Crippen molar-refractivity contribution in [3.63, 3.8) is 0 Å². The summed E-state index contributed by atoms with van der Waals surface area (Å²) in [4.78, 5) is 0. The molecule has 0 heterocycles. The molecule has 2 rings (SSSR count). The highest BCUT2D eigenvalue weighted by molar-refractivity contribution is 5.41. The largest absolute Gasteiger partial charge is 0.507 e. The van der Waals surface area contributed by atoms with E-state index >= 15 is 0 Å². The molecule has 0 fully saturated rings. The first-order valence-electron chi connectivity index (χ1n) is 6.94. The summed E-state index contributed by atoms with van der Waals surface area (Å²) >= 11 is 0. The lowest BCUT2D eigenvalue weighted by atomic mass is 10.0. The number of hydrogen-bond donors (Lipinski definition) is 3. The van der Waals surface area contributed by atoms with Crippen molar-refractivity contribution in [2.75, 3.05) is 13.7 Å². The fourth-order valence-corrected chi connectivity index (χ4v) is 2.35. The highest BCUT2D eigenvalue weighted by Gasteiger charge is 2.17. The Hall–Kier alpha value is -2.04. The van der Waals surface area contributed by atoms with Crippen LogP contribution in [0.5, 0.6) is 11.5 Å². The Morgan fingerprint density at radius 1 is 1.14 bits per heavy atom. The van der Waals surface area contributed by atoms with Crippen LogP contribution in [-0.2, 0) is 0 Å². The zero-order valence-corrected chi connectivity index (χ0v) is 12.3. The molecule has 112 valence electrons. The summed E-state index contributed by atoms with van der Waals surface area (Å²) in [5, 5.41) is 23.0. The van der Waals surface area contributed by atoms with Crippen LogP contribution in [0.15, 0.2) is 48.5 Å². The van der Waals surface area contributed by atoms with Crippen molar-refractivity contribution in [2.45, 2.75) is 19.0 Å². The van der Waals surface area contributed by atoms with Crippen LogP contribution in [0.1, 0.15) is 30.1 Å². The van der Waals surface area contributed by atoms with Crippen LogP contribution < -0.4 is 10.1 Å². The van der Waals surface area contributed by atoms with Crippen molar-refractivity contribution >= 4 is 0 Å². The minimum Gasteiger partial charge on any atom is -0.507 e. The Morgan fingerprint density at radius 3 is 2.43 bits per heavy atom. The van der Waals surface area contributed by atoms with Crippen molar-refractivity contribution < 1.29 is 14.9 Å². The third kappa shape index (κ3) is 3.74. The van der Waals surface area contributed by atoms with Crippen LogP contribution in [0.3, 0.4) is 0 Å². The van der Waals surface area contributed by atoms with Gasteiger partial charge in [0, 0.05) is 17.7 Å². The van der Waals surface area contributed by atoms with E-state index < -0.39 is 0 Å². The van der Waals surface area contributed by atoms with E-state index in [1.54, 1.807) is 13.2 Å². The van der Waals surface area contributed by atoms with Gasteiger partial charge in [0.05, 0.1) is 19.8 Å². The van der Waals surface area contributed by atoms with E-state index in [0.29, 0.717) is 5.75 Å². The Labute approximate surface area is 125 Å². The molecule has 0 radical (unpaired) electrons. The number of aromatic hydroxyl groups is 1. The summed E-state index contributed by atoms with van der Waals surface area (Å²) in [6, 6.07) is 14.7. The fourth-order valence-electron chi connectivity index (χ4n) is 2.35. The average molecular weight is 287 g/mol. The zero-order valence-electron chi connectivity index (χ0n) is 12.3. The van der Waals surface area contributed by atoms with E-state index in [9.17, 15) is 10.2 Å². The highest BCUT2D eigenvalue weighted by atomic mass is 16.5. The van der Waals surface area contributed by atoms with Crippen LogP contribution >= 0.6 is 0 Å². The van der Waals surface area contributed by atoms with Crippen LogP contribution in [-0.4, -0.2) is 23.9 Å². The monoisotopic (exact) mass is 287 g/mol. The van der Waals surface area contributed by atoms with Crippen molar-refractivity contribution in [1.29, 1.82) is 0 Å². The second kappa shape index (κ2) is 7.11. The van der Waals surface area contributed by atoms with Crippen LogP contribution in [0.25, 0.3) is 0 Å². The van der Waals surface area contributed by atoms with Crippen molar-refractivity contribution in [3.05, 3.63) is 59.7 Å². The SMILES string of the molecule is COc1ccc(C(C)NC(CO)c2ccccc2)c(O)c1. The van der Waals surface area contributed by atoms with E-state index in [0.717, 1.165) is 11.1 Å². The number of benzene rings is 2. The van der Waals surface area contributed by atoms with Gasteiger partial charge in [-0.3, -0.25) is 0 Å². The summed E-state index contributed by atoms with van der Waals surface area (Å²) in [5.41, 5.74) is 1.78. The quantitative estimate of drug-likeness (QED) is 0.764. The molecular formula is C17H21NO3. The van der Waals surface area contributed by atoms with E-state index in [1.807, 2.05) is 49.4 Å². The van der Waals surface area contributed by atoms with Gasteiger partial charge in [-0.2, -0.15) is 0 Å². The molecule has 3 N–H and O–H groups in total. The van der Waals surface area contributed by atoms with Crippen LogP contribution in [0.4, 0.5) is 0 Å². The van der Waals surface area contributed by atoms with Crippen LogP contribution in [0, 0.1) is 0 Å². The Balaban J connectivity index is 2.14. The van der Waals surface area contributed by atoms with Gasteiger partial charge < -0.3 is 20.3 Å². The summed E-state index contributed by atoms with van der Waals surface area (Å²) in [6.45, 7) is 1.94. The van der Waals surface area contributed by atoms with E-state index in [-0.39, 0.29) is 24.4 Å². The number of methoxy groups -OCH3 is 1. The van der Waals surface area contributed by atoms with Gasteiger partial charge in [-0.15, -0.1) is 0 Å². The molecule has 0 aliphatic heterocycles. The van der Waals surface area contributed by atoms with Gasteiger partial charge in [-0.05, 0) is 18.6 Å². The number of aliphatic hydroxyl groups excluding tert-OH is 1. The predicted octanol–water partition coefficient (Wildman–Crippen LogP) is 2.79. The van der Waals surface area contributed by atoms with Gasteiger partial charge in [-0.1, -0.05) is 36.4 Å². The smallest absolute Gasteiger partial charge is 0.124 e. The maximum absolute atomic E-state index is 10.1. The third-order valence-electron chi connectivity index (χ3n) is 3.54. The standard InChI is InChI=1S/C17H21NO3/c1-12(15-9-8-14(21-2)10-17(15)20)18-16(11-19)13-6-4-3-5-7-13/h3-10,12,16,18-20H,11H2,1-2H3. The van der Waals surface area contributed by atoms with Crippen molar-refractivity contribution in [3.8, 4) is 11.5 Å². The van der Waals surface area contributed by atoms with Crippen molar-refractivity contribution in [1.82, 2.24) is 5.32 Å². The van der Waals surface area contributed by atoms with E-state index in [1.165, 1.54) is 0 Å². The molecule has 4 heteroatoms. The molecule has 0 bridgehead atoms. The van der Waals surface area contributed by atoms with Gasteiger partial charge in [0.25, 0.3) is 0 Å². The molecule has 2 aromatic rings. The highest BCUT2D eigenvalue weighted by Crippen LogP contribution is 2.29. The number of rotatable bonds is 6. The first kappa shape index (κ1) is 15.4. The number of phenols is 1. The van der Waals surface area contributed by atoms with Gasteiger partial charge in [-0.25, -0.2) is 0 Å². The molecule has 0 spiro atoms. The lowest BCUT2D eigenvalue weighted by Crippen LogP contribution is -2.27. The summed E-state index contributed by atoms with van der Waals surface area (Å²) < 4.78 is 5.08. The molecular weight excluding hydrogens is 266 g/mol. The lowest BCUT2D eigenvalue weighted by Gasteiger charge is -2.23.